The van der Waals surface area contributed by atoms with E-state index in [-0.39, 0.29) is 5.91 Å². The van der Waals surface area contributed by atoms with Crippen LogP contribution in [0.25, 0.3) is 0 Å². The molecule has 4 rings (SSSR count). The van der Waals surface area contributed by atoms with Gasteiger partial charge < -0.3 is 16.0 Å². The van der Waals surface area contributed by atoms with Crippen LogP contribution in [-0.4, -0.2) is 25.5 Å². The second kappa shape index (κ2) is 19.1. The number of benzene rings is 3. The van der Waals surface area contributed by atoms with Gasteiger partial charge in [-0.2, -0.15) is 0 Å². The molecule has 224 valence electrons. The molecule has 1 heterocycles. The molecule has 6 heteroatoms. The van der Waals surface area contributed by atoms with Crippen LogP contribution in [0.5, 0.6) is 0 Å². The highest BCUT2D eigenvalue weighted by Crippen LogP contribution is 2.28. The maximum Gasteiger partial charge on any atom is 0.251 e. The number of unbranched alkanes of at least 4 members (excludes halogenated alkanes) is 1. The largest absolute Gasteiger partial charge is 0.352 e. The lowest BCUT2D eigenvalue weighted by Gasteiger charge is -2.27. The van der Waals surface area contributed by atoms with Gasteiger partial charge in [0.05, 0.1) is 0 Å². The summed E-state index contributed by atoms with van der Waals surface area (Å²) in [5, 5.41) is 10.2. The van der Waals surface area contributed by atoms with Crippen LogP contribution in [-0.2, 0) is 19.4 Å². The monoisotopic (exact) mass is 565 g/mol. The summed E-state index contributed by atoms with van der Waals surface area (Å²) in [6.07, 6.45) is 6.59. The Kier molecular flexibility index (Phi) is 15.9. The van der Waals surface area contributed by atoms with Gasteiger partial charge in [-0.05, 0) is 97.8 Å². The van der Waals surface area contributed by atoms with Gasteiger partial charge in [0.1, 0.15) is 11.6 Å². The molecule has 1 atom stereocenters. The van der Waals surface area contributed by atoms with Crippen LogP contribution in [0.15, 0.2) is 60.7 Å². The topological polar surface area (TPSA) is 53.2 Å². The third kappa shape index (κ3) is 12.1. The van der Waals surface area contributed by atoms with Crippen molar-refractivity contribution in [2.75, 3.05) is 19.6 Å². The third-order valence-electron chi connectivity index (χ3n) is 6.97. The molecule has 3 aromatic rings. The Labute approximate surface area is 246 Å². The van der Waals surface area contributed by atoms with Crippen molar-refractivity contribution in [3.05, 3.63) is 106 Å². The van der Waals surface area contributed by atoms with E-state index in [2.05, 4.69) is 66.2 Å². The number of hydrogen-bond acceptors (Lipinski definition) is 3. The second-order valence-corrected chi connectivity index (χ2v) is 10.2. The molecule has 1 aliphatic rings. The van der Waals surface area contributed by atoms with Crippen LogP contribution >= 0.6 is 0 Å². The number of amides is 1. The van der Waals surface area contributed by atoms with Crippen molar-refractivity contribution < 1.29 is 13.6 Å². The number of aryl methyl sites for hydroxylation is 2. The number of rotatable bonds is 11. The second-order valence-electron chi connectivity index (χ2n) is 10.2. The Balaban J connectivity index is 0.000000450. The zero-order valence-corrected chi connectivity index (χ0v) is 25.6. The summed E-state index contributed by atoms with van der Waals surface area (Å²) in [7, 11) is 0. The van der Waals surface area contributed by atoms with Crippen LogP contribution in [0.4, 0.5) is 8.78 Å². The number of carbonyl (C=O) groups is 1. The minimum Gasteiger partial charge on any atom is -0.352 e. The number of fused-ring (bicyclic) bond motifs is 1. The minimum atomic E-state index is -0.521. The first-order valence-electron chi connectivity index (χ1n) is 15.2. The Morgan fingerprint density at radius 3 is 2.34 bits per heavy atom. The summed E-state index contributed by atoms with van der Waals surface area (Å²) >= 11 is 0. The van der Waals surface area contributed by atoms with E-state index >= 15 is 0 Å². The summed E-state index contributed by atoms with van der Waals surface area (Å²) in [6, 6.07) is 18.7. The van der Waals surface area contributed by atoms with Gasteiger partial charge in [0, 0.05) is 30.8 Å². The Morgan fingerprint density at radius 1 is 0.927 bits per heavy atom. The van der Waals surface area contributed by atoms with Crippen molar-refractivity contribution in [3.63, 3.8) is 0 Å². The summed E-state index contributed by atoms with van der Waals surface area (Å²) in [5.74, 6) is -1.01. The van der Waals surface area contributed by atoms with Gasteiger partial charge in [-0.1, -0.05) is 70.9 Å². The van der Waals surface area contributed by atoms with Crippen LogP contribution in [0, 0.1) is 18.6 Å². The van der Waals surface area contributed by atoms with Gasteiger partial charge in [-0.3, -0.25) is 4.79 Å². The van der Waals surface area contributed by atoms with Crippen LogP contribution in [0.1, 0.15) is 97.6 Å². The van der Waals surface area contributed by atoms with Crippen LogP contribution in [0.3, 0.4) is 0 Å². The van der Waals surface area contributed by atoms with E-state index in [9.17, 15) is 13.6 Å². The molecule has 0 saturated heterocycles. The summed E-state index contributed by atoms with van der Waals surface area (Å²) in [6.45, 7) is 13.5. The molecule has 1 unspecified atom stereocenters. The maximum atomic E-state index is 12.6. The highest BCUT2D eigenvalue weighted by Gasteiger charge is 2.20. The summed E-state index contributed by atoms with van der Waals surface area (Å²) in [5.41, 5.74) is 6.79. The predicted molar refractivity (Wildman–Crippen MR) is 167 cm³/mol. The fourth-order valence-electron chi connectivity index (χ4n) is 4.85. The van der Waals surface area contributed by atoms with Gasteiger partial charge in [-0.15, -0.1) is 0 Å². The first-order valence-corrected chi connectivity index (χ1v) is 15.2. The molecule has 4 nitrogen and oxygen atoms in total. The lowest BCUT2D eigenvalue weighted by atomic mass is 9.89. The van der Waals surface area contributed by atoms with Gasteiger partial charge in [-0.25, -0.2) is 8.78 Å². The first-order chi connectivity index (χ1) is 19.9. The van der Waals surface area contributed by atoms with E-state index in [1.165, 1.54) is 47.2 Å². The van der Waals surface area contributed by atoms with Crippen LogP contribution < -0.4 is 16.0 Å². The Morgan fingerprint density at radius 2 is 1.66 bits per heavy atom. The van der Waals surface area contributed by atoms with Crippen molar-refractivity contribution in [1.29, 1.82) is 0 Å². The molecule has 0 fully saturated rings. The number of halogens is 2. The van der Waals surface area contributed by atoms with Crippen molar-refractivity contribution in [1.82, 2.24) is 16.0 Å². The Hall–Kier alpha value is -3.09. The number of nitrogens with one attached hydrogen (secondary N) is 3. The van der Waals surface area contributed by atoms with E-state index in [1.807, 2.05) is 19.9 Å². The molecule has 0 saturated carbocycles. The van der Waals surface area contributed by atoms with Gasteiger partial charge >= 0.3 is 0 Å². The van der Waals surface area contributed by atoms with E-state index < -0.39 is 11.6 Å². The standard InChI is InChI=1S/C26H37N3O.C7H6F2.C2H6/c1-3-5-10-25-24-18-23(12-11-22(24)13-16-28-25)26(30)29-15-7-14-27-19-21-9-6-8-20(4-2)17-21;1-5-2-6(8)4-7(9)3-5;1-2/h6,8-9,11-12,17-18,25,27-28H,3-5,7,10,13-16,19H2,1-2H3,(H,29,30);2-4H,1H3;1-2H3. The van der Waals surface area contributed by atoms with E-state index in [4.69, 9.17) is 0 Å². The molecule has 0 aromatic heterocycles. The van der Waals surface area contributed by atoms with E-state index in [0.29, 0.717) is 18.2 Å². The fraction of sp³-hybridized carbons (Fsp3) is 0.457. The minimum absolute atomic E-state index is 0.0354. The molecule has 1 aliphatic heterocycles. The highest BCUT2D eigenvalue weighted by molar-refractivity contribution is 5.94. The molecule has 0 bridgehead atoms. The molecule has 3 aromatic carbocycles. The smallest absolute Gasteiger partial charge is 0.251 e. The number of hydrogen-bond donors (Lipinski definition) is 3. The molecule has 3 N–H and O–H groups in total. The van der Waals surface area contributed by atoms with Crippen molar-refractivity contribution >= 4 is 5.91 Å². The van der Waals surface area contributed by atoms with E-state index in [0.717, 1.165) is 56.9 Å². The van der Waals surface area contributed by atoms with Crippen molar-refractivity contribution in [3.8, 4) is 0 Å². The van der Waals surface area contributed by atoms with Crippen molar-refractivity contribution in [2.45, 2.75) is 85.7 Å². The van der Waals surface area contributed by atoms with E-state index in [1.54, 1.807) is 6.92 Å². The summed E-state index contributed by atoms with van der Waals surface area (Å²) in [4.78, 5) is 12.6. The Bertz CT molecular complexity index is 1150. The summed E-state index contributed by atoms with van der Waals surface area (Å²) < 4.78 is 24.4. The number of carbonyl (C=O) groups excluding carboxylic acids is 1. The maximum absolute atomic E-state index is 12.6. The van der Waals surface area contributed by atoms with Gasteiger partial charge in [0.2, 0.25) is 0 Å². The first kappa shape index (κ1) is 34.1. The SMILES string of the molecule is CC.CCCCC1NCCc2ccc(C(=O)NCCCNCc3cccc(CC)c3)cc21.Cc1cc(F)cc(F)c1. The third-order valence-corrected chi connectivity index (χ3v) is 6.97. The quantitative estimate of drug-likeness (QED) is 0.208. The average molecular weight is 566 g/mol. The molecule has 0 spiro atoms. The van der Waals surface area contributed by atoms with Crippen molar-refractivity contribution in [2.24, 2.45) is 0 Å². The highest BCUT2D eigenvalue weighted by atomic mass is 19.1. The zero-order chi connectivity index (χ0) is 30.0. The molecule has 41 heavy (non-hydrogen) atoms. The zero-order valence-electron chi connectivity index (χ0n) is 25.6. The lowest BCUT2D eigenvalue weighted by Crippen LogP contribution is -2.31. The van der Waals surface area contributed by atoms with Crippen LogP contribution in [0.2, 0.25) is 0 Å². The fourth-order valence-corrected chi connectivity index (χ4v) is 4.85. The van der Waals surface area contributed by atoms with Gasteiger partial charge in [0.25, 0.3) is 5.91 Å². The molecule has 0 radical (unpaired) electrons. The molecular weight excluding hydrogens is 516 g/mol. The van der Waals surface area contributed by atoms with Gasteiger partial charge in [0.15, 0.2) is 0 Å². The normalized spacial score (nSPS) is 13.7. The molecule has 1 amide bonds. The molecular formula is C35H49F2N3O. The average Bonchev–Trinajstić information content (AvgIpc) is 2.98. The lowest BCUT2D eigenvalue weighted by molar-refractivity contribution is 0.0953. The molecule has 0 aliphatic carbocycles. The predicted octanol–water partition coefficient (Wildman–Crippen LogP) is 7.84.